The highest BCUT2D eigenvalue weighted by Crippen LogP contribution is 2.35. The summed E-state index contributed by atoms with van der Waals surface area (Å²) >= 11 is 12.3. The number of ether oxygens (including phenoxy) is 3. The lowest BCUT2D eigenvalue weighted by Gasteiger charge is -2.37. The van der Waals surface area contributed by atoms with Gasteiger partial charge in [0, 0.05) is 5.41 Å². The molecule has 2 aromatic carbocycles. The highest BCUT2D eigenvalue weighted by atomic mass is 35.5. The topological polar surface area (TPSA) is 77.0 Å². The number of nitrogens with one attached hydrogen (secondary N) is 1. The predicted molar refractivity (Wildman–Crippen MR) is 125 cm³/mol. The zero-order valence-corrected chi connectivity index (χ0v) is 20.2. The van der Waals surface area contributed by atoms with E-state index in [0.29, 0.717) is 46.7 Å². The van der Waals surface area contributed by atoms with E-state index in [1.54, 1.807) is 63.2 Å². The van der Waals surface area contributed by atoms with Crippen molar-refractivity contribution in [3.8, 4) is 5.75 Å². The molecule has 1 atom stereocenters. The summed E-state index contributed by atoms with van der Waals surface area (Å²) in [6, 6.07) is 12.0. The molecule has 8 heteroatoms. The first-order chi connectivity index (χ1) is 14.9. The van der Waals surface area contributed by atoms with Gasteiger partial charge in [-0.3, -0.25) is 0 Å². The maximum Gasteiger partial charge on any atom is 0.407 e. The first-order valence-electron chi connectivity index (χ1n) is 10.4. The highest BCUT2D eigenvalue weighted by molar-refractivity contribution is 6.42. The van der Waals surface area contributed by atoms with E-state index in [-0.39, 0.29) is 12.0 Å². The molecule has 0 aliphatic carbocycles. The van der Waals surface area contributed by atoms with E-state index in [2.05, 4.69) is 12.2 Å². The molecule has 1 saturated heterocycles. The Bertz CT molecular complexity index is 954. The number of halogens is 2. The van der Waals surface area contributed by atoms with Crippen LogP contribution < -0.4 is 10.1 Å². The molecule has 2 N–H and O–H groups in total. The fourth-order valence-electron chi connectivity index (χ4n) is 3.26. The highest BCUT2D eigenvalue weighted by Gasteiger charge is 2.35. The van der Waals surface area contributed by atoms with Crippen LogP contribution in [0.2, 0.25) is 10.0 Å². The number of hydrogen-bond acceptors (Lipinski definition) is 5. The van der Waals surface area contributed by atoms with Gasteiger partial charge in [0.2, 0.25) is 0 Å². The van der Waals surface area contributed by atoms with Gasteiger partial charge in [-0.2, -0.15) is 0 Å². The molecule has 1 aliphatic heterocycles. The SMILES string of the molecule is CC1(COc2ccc(C(O)(CNC(=O)OC(C)(C)C)c3ccc(Cl)c(Cl)c3)cc2)COC1. The van der Waals surface area contributed by atoms with Crippen molar-refractivity contribution in [1.29, 1.82) is 0 Å². The maximum absolute atomic E-state index is 12.2. The van der Waals surface area contributed by atoms with Gasteiger partial charge in [-0.05, 0) is 56.2 Å². The second-order valence-corrected chi connectivity index (χ2v) is 10.3. The van der Waals surface area contributed by atoms with Crippen LogP contribution in [-0.4, -0.2) is 43.2 Å². The molecule has 1 amide bonds. The van der Waals surface area contributed by atoms with Crippen molar-refractivity contribution in [3.05, 3.63) is 63.6 Å². The third-order valence-corrected chi connectivity index (χ3v) is 5.84. The number of benzene rings is 2. The Morgan fingerprint density at radius 3 is 2.25 bits per heavy atom. The van der Waals surface area contributed by atoms with Crippen LogP contribution in [0.4, 0.5) is 4.79 Å². The van der Waals surface area contributed by atoms with Crippen molar-refractivity contribution in [2.75, 3.05) is 26.4 Å². The van der Waals surface area contributed by atoms with Crippen LogP contribution in [0.5, 0.6) is 5.75 Å². The number of rotatable bonds is 7. The van der Waals surface area contributed by atoms with Crippen molar-refractivity contribution in [2.24, 2.45) is 5.41 Å². The minimum atomic E-state index is -1.57. The van der Waals surface area contributed by atoms with Gasteiger partial charge in [-0.1, -0.05) is 48.3 Å². The molecule has 0 radical (unpaired) electrons. The molecule has 1 heterocycles. The van der Waals surface area contributed by atoms with Gasteiger partial charge < -0.3 is 24.6 Å². The molecular formula is C24H29Cl2NO5. The number of alkyl carbamates (subject to hydrolysis) is 1. The van der Waals surface area contributed by atoms with Gasteiger partial charge in [-0.25, -0.2) is 4.79 Å². The first-order valence-corrected chi connectivity index (χ1v) is 11.1. The smallest absolute Gasteiger partial charge is 0.407 e. The summed E-state index contributed by atoms with van der Waals surface area (Å²) in [7, 11) is 0. The van der Waals surface area contributed by atoms with E-state index in [0.717, 1.165) is 0 Å². The van der Waals surface area contributed by atoms with Crippen LogP contribution in [0.1, 0.15) is 38.8 Å². The van der Waals surface area contributed by atoms with Crippen molar-refractivity contribution in [3.63, 3.8) is 0 Å². The second-order valence-electron chi connectivity index (χ2n) is 9.46. The Morgan fingerprint density at radius 1 is 1.09 bits per heavy atom. The van der Waals surface area contributed by atoms with Crippen molar-refractivity contribution in [1.82, 2.24) is 5.32 Å². The molecule has 0 spiro atoms. The summed E-state index contributed by atoms with van der Waals surface area (Å²) in [6.07, 6.45) is -0.632. The molecule has 32 heavy (non-hydrogen) atoms. The first kappa shape index (κ1) is 24.6. The van der Waals surface area contributed by atoms with Crippen LogP contribution in [0.15, 0.2) is 42.5 Å². The average molecular weight is 482 g/mol. The van der Waals surface area contributed by atoms with Gasteiger partial charge in [0.05, 0.1) is 36.4 Å². The minimum Gasteiger partial charge on any atom is -0.493 e. The molecule has 1 unspecified atom stereocenters. The Hall–Kier alpha value is -1.99. The molecule has 0 saturated carbocycles. The standard InChI is InChI=1S/C24H29Cl2NO5/c1-22(2,3)32-21(28)27-12-24(29,17-7-10-19(25)20(26)11-17)16-5-8-18(9-6-16)31-15-23(4)13-30-14-23/h5-11,29H,12-15H2,1-4H3,(H,27,28). The quantitative estimate of drug-likeness (QED) is 0.570. The molecule has 2 aromatic rings. The fourth-order valence-corrected chi connectivity index (χ4v) is 3.55. The van der Waals surface area contributed by atoms with E-state index in [1.165, 1.54) is 0 Å². The van der Waals surface area contributed by atoms with E-state index in [1.807, 2.05) is 0 Å². The van der Waals surface area contributed by atoms with E-state index in [9.17, 15) is 9.90 Å². The van der Waals surface area contributed by atoms with E-state index in [4.69, 9.17) is 37.4 Å². The Balaban J connectivity index is 1.82. The maximum atomic E-state index is 12.2. The lowest BCUT2D eigenvalue weighted by atomic mass is 9.86. The van der Waals surface area contributed by atoms with Gasteiger partial charge >= 0.3 is 6.09 Å². The number of carbonyl (C=O) groups excluding carboxylic acids is 1. The average Bonchev–Trinajstić information content (AvgIpc) is 2.70. The van der Waals surface area contributed by atoms with Gasteiger partial charge in [0.15, 0.2) is 0 Å². The van der Waals surface area contributed by atoms with Gasteiger partial charge in [-0.15, -0.1) is 0 Å². The van der Waals surface area contributed by atoms with Crippen LogP contribution in [0, 0.1) is 5.41 Å². The largest absolute Gasteiger partial charge is 0.493 e. The Labute approximate surface area is 198 Å². The van der Waals surface area contributed by atoms with Crippen LogP contribution in [0.3, 0.4) is 0 Å². The summed E-state index contributed by atoms with van der Waals surface area (Å²) in [5.74, 6) is 0.679. The van der Waals surface area contributed by atoms with Crippen LogP contribution in [-0.2, 0) is 15.1 Å². The molecular weight excluding hydrogens is 453 g/mol. The zero-order chi connectivity index (χ0) is 23.6. The molecule has 1 fully saturated rings. The number of carbonyl (C=O) groups is 1. The second kappa shape index (κ2) is 9.48. The number of aliphatic hydroxyl groups is 1. The van der Waals surface area contributed by atoms with Crippen molar-refractivity contribution >= 4 is 29.3 Å². The lowest BCUT2D eigenvalue weighted by molar-refractivity contribution is -0.120. The monoisotopic (exact) mass is 481 g/mol. The molecule has 0 aromatic heterocycles. The Kier molecular flexibility index (Phi) is 7.30. The van der Waals surface area contributed by atoms with E-state index < -0.39 is 17.3 Å². The van der Waals surface area contributed by atoms with Crippen LogP contribution >= 0.6 is 23.2 Å². The predicted octanol–water partition coefficient (Wildman–Crippen LogP) is 5.17. The van der Waals surface area contributed by atoms with Crippen molar-refractivity contribution < 1.29 is 24.1 Å². The molecule has 174 valence electrons. The van der Waals surface area contributed by atoms with E-state index >= 15 is 0 Å². The third-order valence-electron chi connectivity index (χ3n) is 5.10. The fraction of sp³-hybridized carbons (Fsp3) is 0.458. The molecule has 6 nitrogen and oxygen atoms in total. The third kappa shape index (κ3) is 6.07. The summed E-state index contributed by atoms with van der Waals surface area (Å²) in [4.78, 5) is 12.2. The zero-order valence-electron chi connectivity index (χ0n) is 18.7. The number of hydrogen-bond donors (Lipinski definition) is 2. The lowest BCUT2D eigenvalue weighted by Crippen LogP contribution is -2.44. The molecule has 1 aliphatic rings. The van der Waals surface area contributed by atoms with Crippen LogP contribution in [0.25, 0.3) is 0 Å². The number of amides is 1. The Morgan fingerprint density at radius 2 is 1.72 bits per heavy atom. The summed E-state index contributed by atoms with van der Waals surface area (Å²) in [6.45, 7) is 9.19. The van der Waals surface area contributed by atoms with Gasteiger partial charge in [0.1, 0.15) is 17.0 Å². The normalized spacial score (nSPS) is 17.1. The van der Waals surface area contributed by atoms with Gasteiger partial charge in [0.25, 0.3) is 0 Å². The summed E-state index contributed by atoms with van der Waals surface area (Å²) in [5, 5.41) is 15.0. The summed E-state index contributed by atoms with van der Waals surface area (Å²) < 4.78 is 16.4. The van der Waals surface area contributed by atoms with Crippen molar-refractivity contribution in [2.45, 2.75) is 38.9 Å². The minimum absolute atomic E-state index is 0.0246. The molecule has 3 rings (SSSR count). The molecule has 0 bridgehead atoms. The summed E-state index contributed by atoms with van der Waals surface area (Å²) in [5.41, 5.74) is -1.17.